The number of hydrogen-bond acceptors (Lipinski definition) is 2. The summed E-state index contributed by atoms with van der Waals surface area (Å²) in [5.74, 6) is 0.0162. The van der Waals surface area contributed by atoms with Crippen LogP contribution in [0.25, 0.3) is 10.9 Å². The molecule has 0 aliphatic heterocycles. The molecule has 0 fully saturated rings. The van der Waals surface area contributed by atoms with Crippen LogP contribution in [0.3, 0.4) is 0 Å². The molecule has 0 saturated heterocycles. The summed E-state index contributed by atoms with van der Waals surface area (Å²) in [5.41, 5.74) is 2.61. The van der Waals surface area contributed by atoms with Gasteiger partial charge in [-0.2, -0.15) is 0 Å². The Morgan fingerprint density at radius 3 is 2.62 bits per heavy atom. The van der Waals surface area contributed by atoms with Crippen LogP contribution in [0.15, 0.2) is 30.3 Å². The first-order chi connectivity index (χ1) is 7.58. The Bertz CT molecular complexity index is 547. The topological polar surface area (TPSA) is 33.2 Å². The molecule has 3 nitrogen and oxygen atoms in total. The number of hydrogen-bond donors (Lipinski definition) is 0. The Labute approximate surface area is 94.7 Å². The maximum Gasteiger partial charge on any atom is 0.253 e. The minimum Gasteiger partial charge on any atom is -0.345 e. The standard InChI is InChI=1S/C13H14N2O/c1-9-4-5-10-8-11(13(16)15(2)3)6-7-12(10)14-9/h4-8H,1-3H3. The van der Waals surface area contributed by atoms with Crippen molar-refractivity contribution in [2.75, 3.05) is 14.1 Å². The van der Waals surface area contributed by atoms with Crippen molar-refractivity contribution in [2.45, 2.75) is 6.92 Å². The number of amides is 1. The fraction of sp³-hybridized carbons (Fsp3) is 0.231. The average Bonchev–Trinajstić information content (AvgIpc) is 2.27. The maximum atomic E-state index is 11.8. The van der Waals surface area contributed by atoms with E-state index in [2.05, 4.69) is 4.98 Å². The van der Waals surface area contributed by atoms with Gasteiger partial charge >= 0.3 is 0 Å². The highest BCUT2D eigenvalue weighted by Gasteiger charge is 2.08. The molecule has 1 heterocycles. The van der Waals surface area contributed by atoms with E-state index >= 15 is 0 Å². The van der Waals surface area contributed by atoms with Gasteiger partial charge in [0.25, 0.3) is 5.91 Å². The van der Waals surface area contributed by atoms with Crippen LogP contribution in [0.2, 0.25) is 0 Å². The number of pyridine rings is 1. The molecule has 1 aromatic heterocycles. The quantitative estimate of drug-likeness (QED) is 0.729. The van der Waals surface area contributed by atoms with Crippen LogP contribution in [0, 0.1) is 6.92 Å². The van der Waals surface area contributed by atoms with Crippen molar-refractivity contribution in [3.05, 3.63) is 41.6 Å². The van der Waals surface area contributed by atoms with Crippen molar-refractivity contribution in [2.24, 2.45) is 0 Å². The monoisotopic (exact) mass is 214 g/mol. The van der Waals surface area contributed by atoms with Crippen molar-refractivity contribution in [1.29, 1.82) is 0 Å². The normalized spacial score (nSPS) is 10.4. The zero-order valence-electron chi connectivity index (χ0n) is 9.69. The van der Waals surface area contributed by atoms with E-state index in [0.717, 1.165) is 16.6 Å². The fourth-order valence-corrected chi connectivity index (χ4v) is 1.62. The molecule has 2 aromatic rings. The van der Waals surface area contributed by atoms with Crippen molar-refractivity contribution in [1.82, 2.24) is 9.88 Å². The van der Waals surface area contributed by atoms with Crippen molar-refractivity contribution < 1.29 is 4.79 Å². The Morgan fingerprint density at radius 1 is 1.19 bits per heavy atom. The molecule has 1 aromatic carbocycles. The summed E-state index contributed by atoms with van der Waals surface area (Å²) in [4.78, 5) is 17.7. The van der Waals surface area contributed by atoms with E-state index in [1.54, 1.807) is 19.0 Å². The first kappa shape index (κ1) is 10.6. The van der Waals surface area contributed by atoms with E-state index in [4.69, 9.17) is 0 Å². The van der Waals surface area contributed by atoms with Crippen LogP contribution < -0.4 is 0 Å². The number of aryl methyl sites for hydroxylation is 1. The first-order valence-electron chi connectivity index (χ1n) is 5.17. The van der Waals surface area contributed by atoms with Gasteiger partial charge in [0.2, 0.25) is 0 Å². The number of aromatic nitrogens is 1. The van der Waals surface area contributed by atoms with E-state index in [1.165, 1.54) is 0 Å². The van der Waals surface area contributed by atoms with Crippen molar-refractivity contribution in [3.63, 3.8) is 0 Å². The second-order valence-electron chi connectivity index (χ2n) is 4.06. The first-order valence-corrected chi connectivity index (χ1v) is 5.17. The molecule has 16 heavy (non-hydrogen) atoms. The lowest BCUT2D eigenvalue weighted by Crippen LogP contribution is -2.21. The summed E-state index contributed by atoms with van der Waals surface area (Å²) in [6.45, 7) is 1.96. The van der Waals surface area contributed by atoms with E-state index in [-0.39, 0.29) is 5.91 Å². The molecule has 1 amide bonds. The van der Waals surface area contributed by atoms with Gasteiger partial charge in [0.1, 0.15) is 0 Å². The molecule has 3 heteroatoms. The second kappa shape index (κ2) is 3.93. The van der Waals surface area contributed by atoms with Crippen LogP contribution in [0.5, 0.6) is 0 Å². The number of nitrogens with zero attached hydrogens (tertiary/aromatic N) is 2. The average molecular weight is 214 g/mol. The zero-order chi connectivity index (χ0) is 11.7. The third-order valence-electron chi connectivity index (χ3n) is 2.48. The Hall–Kier alpha value is -1.90. The Balaban J connectivity index is 2.52. The largest absolute Gasteiger partial charge is 0.345 e. The third kappa shape index (κ3) is 1.89. The van der Waals surface area contributed by atoms with Crippen LogP contribution >= 0.6 is 0 Å². The summed E-state index contributed by atoms with van der Waals surface area (Å²) in [5, 5.41) is 0.998. The number of carbonyl (C=O) groups is 1. The Morgan fingerprint density at radius 2 is 1.94 bits per heavy atom. The van der Waals surface area contributed by atoms with Gasteiger partial charge in [-0.25, -0.2) is 0 Å². The molecule has 0 aliphatic carbocycles. The second-order valence-corrected chi connectivity index (χ2v) is 4.06. The molecule has 0 spiro atoms. The third-order valence-corrected chi connectivity index (χ3v) is 2.48. The zero-order valence-corrected chi connectivity index (χ0v) is 9.69. The molecule has 2 rings (SSSR count). The molecule has 0 unspecified atom stereocenters. The lowest BCUT2D eigenvalue weighted by Gasteiger charge is -2.10. The van der Waals surface area contributed by atoms with E-state index in [9.17, 15) is 4.79 Å². The van der Waals surface area contributed by atoms with Crippen molar-refractivity contribution >= 4 is 16.8 Å². The molecule has 0 aliphatic rings. The van der Waals surface area contributed by atoms with E-state index in [0.29, 0.717) is 5.56 Å². The number of rotatable bonds is 1. The molecule has 0 atom stereocenters. The predicted molar refractivity (Wildman–Crippen MR) is 64.5 cm³/mol. The van der Waals surface area contributed by atoms with Gasteiger partial charge in [0.15, 0.2) is 0 Å². The lowest BCUT2D eigenvalue weighted by atomic mass is 10.1. The molecule has 0 bridgehead atoms. The van der Waals surface area contributed by atoms with Gasteiger partial charge in [0.05, 0.1) is 5.52 Å². The van der Waals surface area contributed by atoms with Gasteiger partial charge < -0.3 is 4.90 Å². The van der Waals surface area contributed by atoms with Crippen LogP contribution in [0.4, 0.5) is 0 Å². The summed E-state index contributed by atoms with van der Waals surface area (Å²) in [7, 11) is 3.50. The van der Waals surface area contributed by atoms with Gasteiger partial charge in [-0.1, -0.05) is 6.07 Å². The molecule has 0 radical (unpaired) electrons. The van der Waals surface area contributed by atoms with Gasteiger partial charge in [-0.05, 0) is 31.2 Å². The molecule has 82 valence electrons. The summed E-state index contributed by atoms with van der Waals surface area (Å²) in [6.07, 6.45) is 0. The van der Waals surface area contributed by atoms with Gasteiger partial charge in [0, 0.05) is 30.7 Å². The number of carbonyl (C=O) groups excluding carboxylic acids is 1. The van der Waals surface area contributed by atoms with Crippen LogP contribution in [-0.2, 0) is 0 Å². The highest BCUT2D eigenvalue weighted by Crippen LogP contribution is 2.15. The Kier molecular flexibility index (Phi) is 2.60. The number of fused-ring (bicyclic) bond motifs is 1. The molecular weight excluding hydrogens is 200 g/mol. The fourth-order valence-electron chi connectivity index (χ4n) is 1.62. The summed E-state index contributed by atoms with van der Waals surface area (Å²) >= 11 is 0. The van der Waals surface area contributed by atoms with Gasteiger partial charge in [-0.3, -0.25) is 9.78 Å². The van der Waals surface area contributed by atoms with Gasteiger partial charge in [-0.15, -0.1) is 0 Å². The lowest BCUT2D eigenvalue weighted by molar-refractivity contribution is 0.0828. The number of benzene rings is 1. The molecule has 0 N–H and O–H groups in total. The molecular formula is C13H14N2O. The highest BCUT2D eigenvalue weighted by atomic mass is 16.2. The van der Waals surface area contributed by atoms with Crippen LogP contribution in [0.1, 0.15) is 16.1 Å². The predicted octanol–water partition coefficient (Wildman–Crippen LogP) is 2.25. The highest BCUT2D eigenvalue weighted by molar-refractivity contribution is 5.97. The summed E-state index contributed by atoms with van der Waals surface area (Å²) < 4.78 is 0. The van der Waals surface area contributed by atoms with E-state index < -0.39 is 0 Å². The van der Waals surface area contributed by atoms with Crippen molar-refractivity contribution in [3.8, 4) is 0 Å². The maximum absolute atomic E-state index is 11.8. The smallest absolute Gasteiger partial charge is 0.253 e. The molecule has 0 saturated carbocycles. The minimum absolute atomic E-state index is 0.0162. The SMILES string of the molecule is Cc1ccc2cc(C(=O)N(C)C)ccc2n1. The minimum atomic E-state index is 0.0162. The summed E-state index contributed by atoms with van der Waals surface area (Å²) in [6, 6.07) is 9.52. The van der Waals surface area contributed by atoms with Crippen LogP contribution in [-0.4, -0.2) is 29.9 Å². The van der Waals surface area contributed by atoms with E-state index in [1.807, 2.05) is 37.3 Å².